The van der Waals surface area contributed by atoms with E-state index in [-0.39, 0.29) is 0 Å². The first-order valence-electron chi connectivity index (χ1n) is 3.44. The Morgan fingerprint density at radius 3 is 2.70 bits per heavy atom. The second-order valence-electron chi connectivity index (χ2n) is 2.23. The Bertz CT molecular complexity index is 102. The minimum atomic E-state index is -0.622. The lowest BCUT2D eigenvalue weighted by Gasteiger charge is -2.33. The summed E-state index contributed by atoms with van der Waals surface area (Å²) in [6.07, 6.45) is 2.41. The van der Waals surface area contributed by atoms with Crippen molar-refractivity contribution in [2.45, 2.75) is 13.3 Å². The van der Waals surface area contributed by atoms with Crippen LogP contribution in [0.1, 0.15) is 13.3 Å². The normalized spacial score (nSPS) is 16.3. The summed E-state index contributed by atoms with van der Waals surface area (Å²) in [5, 5.41) is 11.1. The van der Waals surface area contributed by atoms with Gasteiger partial charge in [0.1, 0.15) is 13.2 Å². The molecule has 10 heavy (non-hydrogen) atoms. The van der Waals surface area contributed by atoms with Crippen LogP contribution in [0.15, 0.2) is 12.7 Å². The maximum atomic E-state index is 11.1. The Hall–Kier alpha value is -0.380. The minimum absolute atomic E-state index is 0.442. The van der Waals surface area contributed by atoms with Gasteiger partial charge in [0.15, 0.2) is 0 Å². The lowest BCUT2D eigenvalue weighted by molar-refractivity contribution is -1.05. The smallest absolute Gasteiger partial charge is 0.112 e. The molecule has 0 aliphatic carbocycles. The van der Waals surface area contributed by atoms with Gasteiger partial charge in [-0.2, -0.15) is 0 Å². The maximum absolute atomic E-state index is 11.1. The molecule has 0 aromatic carbocycles. The van der Waals surface area contributed by atoms with Crippen LogP contribution < -0.4 is 0 Å². The maximum Gasteiger partial charge on any atom is 0.112 e. The highest BCUT2D eigenvalue weighted by Crippen LogP contribution is 2.01. The Kier molecular flexibility index (Phi) is 4.27. The topological polar surface area (TPSA) is 32.3 Å². The minimum Gasteiger partial charge on any atom is -0.598 e. The highest BCUT2D eigenvalue weighted by Gasteiger charge is 2.07. The fourth-order valence-corrected chi connectivity index (χ4v) is 0.663. The summed E-state index contributed by atoms with van der Waals surface area (Å²) < 4.78 is 0. The number of rotatable bonds is 5. The Morgan fingerprint density at radius 1 is 1.70 bits per heavy atom. The summed E-state index contributed by atoms with van der Waals surface area (Å²) in [5.41, 5.74) is 0. The SMILES string of the molecule is C=CCC[N+](C)([O-])OCC. The molecule has 1 unspecified atom stereocenters. The van der Waals surface area contributed by atoms with Gasteiger partial charge in [-0.15, -0.1) is 6.58 Å². The lowest BCUT2D eigenvalue weighted by atomic mass is 10.4. The molecule has 0 aliphatic rings. The van der Waals surface area contributed by atoms with Gasteiger partial charge in [-0.05, 0) is 6.92 Å². The molecule has 0 amide bonds. The van der Waals surface area contributed by atoms with Gasteiger partial charge in [0.05, 0.1) is 7.05 Å². The van der Waals surface area contributed by atoms with Gasteiger partial charge < -0.3 is 5.21 Å². The molecule has 0 aliphatic heterocycles. The van der Waals surface area contributed by atoms with Gasteiger partial charge in [-0.3, -0.25) is 0 Å². The molecule has 0 saturated heterocycles. The first-order valence-corrected chi connectivity index (χ1v) is 3.44. The molecule has 60 valence electrons. The van der Waals surface area contributed by atoms with Crippen molar-refractivity contribution < 1.29 is 9.65 Å². The fourth-order valence-electron chi connectivity index (χ4n) is 0.663. The molecule has 0 radical (unpaired) electrons. The van der Waals surface area contributed by atoms with Crippen molar-refractivity contribution in [2.24, 2.45) is 0 Å². The van der Waals surface area contributed by atoms with Crippen LogP contribution in [0.2, 0.25) is 0 Å². The van der Waals surface area contributed by atoms with Gasteiger partial charge in [-0.1, -0.05) is 6.08 Å². The van der Waals surface area contributed by atoms with E-state index in [0.29, 0.717) is 19.6 Å². The van der Waals surface area contributed by atoms with E-state index < -0.39 is 4.81 Å². The second kappa shape index (κ2) is 4.44. The molecule has 0 fully saturated rings. The summed E-state index contributed by atoms with van der Waals surface area (Å²) in [7, 11) is 1.49. The van der Waals surface area contributed by atoms with E-state index in [2.05, 4.69) is 6.58 Å². The van der Waals surface area contributed by atoms with E-state index in [4.69, 9.17) is 4.84 Å². The van der Waals surface area contributed by atoms with Crippen LogP contribution in [-0.4, -0.2) is 25.0 Å². The first kappa shape index (κ1) is 9.62. The Morgan fingerprint density at radius 2 is 2.30 bits per heavy atom. The number of nitrogens with zero attached hydrogens (tertiary/aromatic N) is 1. The summed E-state index contributed by atoms with van der Waals surface area (Å²) in [6.45, 7) is 6.22. The molecule has 0 aromatic rings. The third-order valence-corrected chi connectivity index (χ3v) is 1.14. The zero-order valence-corrected chi connectivity index (χ0v) is 6.67. The molecule has 0 bridgehead atoms. The molecule has 0 rings (SSSR count). The van der Waals surface area contributed by atoms with Crippen LogP contribution in [0.3, 0.4) is 0 Å². The second-order valence-corrected chi connectivity index (χ2v) is 2.23. The quantitative estimate of drug-likeness (QED) is 0.333. The fraction of sp³-hybridized carbons (Fsp3) is 0.714. The molecule has 3 heteroatoms. The summed E-state index contributed by atoms with van der Waals surface area (Å²) in [6, 6.07) is 0. The molecule has 0 spiro atoms. The molecule has 0 aromatic heterocycles. The summed E-state index contributed by atoms with van der Waals surface area (Å²) in [4.78, 5) is 4.24. The van der Waals surface area contributed by atoms with Gasteiger partial charge in [0.2, 0.25) is 0 Å². The molecule has 0 saturated carbocycles. The number of quaternary nitrogens is 1. The molecular formula is C7H15NO2. The van der Waals surface area contributed by atoms with E-state index in [1.165, 1.54) is 7.05 Å². The van der Waals surface area contributed by atoms with Crippen molar-refractivity contribution in [1.82, 2.24) is 0 Å². The van der Waals surface area contributed by atoms with Crippen molar-refractivity contribution in [3.05, 3.63) is 17.9 Å². The third kappa shape index (κ3) is 4.49. The van der Waals surface area contributed by atoms with E-state index in [1.807, 2.05) is 6.92 Å². The van der Waals surface area contributed by atoms with Gasteiger partial charge in [0, 0.05) is 6.42 Å². The predicted octanol–water partition coefficient (Wildman–Crippen LogP) is 1.46. The summed E-state index contributed by atoms with van der Waals surface area (Å²) in [5.74, 6) is 0. The van der Waals surface area contributed by atoms with Crippen LogP contribution in [0.5, 0.6) is 0 Å². The number of hydrogen-bond donors (Lipinski definition) is 0. The molecule has 0 heterocycles. The molecule has 0 N–H and O–H groups in total. The average Bonchev–Trinajstić information content (AvgIpc) is 1.84. The van der Waals surface area contributed by atoms with Crippen LogP contribution in [0, 0.1) is 5.21 Å². The van der Waals surface area contributed by atoms with E-state index >= 15 is 0 Å². The van der Waals surface area contributed by atoms with Crippen molar-refractivity contribution >= 4 is 0 Å². The van der Waals surface area contributed by atoms with Crippen molar-refractivity contribution in [1.29, 1.82) is 0 Å². The van der Waals surface area contributed by atoms with E-state index in [1.54, 1.807) is 6.08 Å². The largest absolute Gasteiger partial charge is 0.598 e. The van der Waals surface area contributed by atoms with Gasteiger partial charge in [-0.25, -0.2) is 9.65 Å². The van der Waals surface area contributed by atoms with Crippen LogP contribution in [0.25, 0.3) is 0 Å². The number of hydroxylamine groups is 4. The predicted molar refractivity (Wildman–Crippen MR) is 40.9 cm³/mol. The zero-order valence-electron chi connectivity index (χ0n) is 6.67. The van der Waals surface area contributed by atoms with Crippen LogP contribution in [0.4, 0.5) is 0 Å². The standard InChI is InChI=1S/C7H15NO2/c1-4-6-7-8(3,9)10-5-2/h4H,1,5-7H2,2-3H3. The monoisotopic (exact) mass is 145 g/mol. The first-order chi connectivity index (χ1) is 4.62. The van der Waals surface area contributed by atoms with Crippen molar-refractivity contribution in [2.75, 3.05) is 20.2 Å². The Labute approximate surface area is 62.0 Å². The molecule has 3 nitrogen and oxygen atoms in total. The summed E-state index contributed by atoms with van der Waals surface area (Å²) >= 11 is 0. The highest BCUT2D eigenvalue weighted by atomic mass is 16.9. The lowest BCUT2D eigenvalue weighted by Crippen LogP contribution is -2.38. The van der Waals surface area contributed by atoms with Gasteiger partial charge >= 0.3 is 0 Å². The average molecular weight is 145 g/mol. The third-order valence-electron chi connectivity index (χ3n) is 1.14. The van der Waals surface area contributed by atoms with Gasteiger partial charge in [0.25, 0.3) is 0 Å². The molecular weight excluding hydrogens is 130 g/mol. The number of hydrogen-bond acceptors (Lipinski definition) is 2. The van der Waals surface area contributed by atoms with Crippen molar-refractivity contribution in [3.8, 4) is 0 Å². The van der Waals surface area contributed by atoms with Crippen LogP contribution >= 0.6 is 0 Å². The van der Waals surface area contributed by atoms with E-state index in [0.717, 1.165) is 0 Å². The Balaban J connectivity index is 3.51. The molecule has 1 atom stereocenters. The van der Waals surface area contributed by atoms with Crippen LogP contribution in [-0.2, 0) is 4.84 Å². The zero-order chi connectivity index (χ0) is 8.04. The highest BCUT2D eigenvalue weighted by molar-refractivity contribution is 4.64. The van der Waals surface area contributed by atoms with Crippen molar-refractivity contribution in [3.63, 3.8) is 0 Å². The van der Waals surface area contributed by atoms with E-state index in [9.17, 15) is 5.21 Å².